The molecule has 0 saturated carbocycles. The minimum absolute atomic E-state index is 0.834. The topological polar surface area (TPSA) is 24.5 Å². The Morgan fingerprint density at radius 3 is 2.93 bits per heavy atom. The van der Waals surface area contributed by atoms with Crippen molar-refractivity contribution in [1.29, 1.82) is 0 Å². The van der Waals surface area contributed by atoms with E-state index in [1.807, 2.05) is 6.92 Å². The molecule has 1 aliphatic heterocycles. The van der Waals surface area contributed by atoms with Crippen LogP contribution in [0.3, 0.4) is 0 Å². The van der Waals surface area contributed by atoms with Crippen LogP contribution in [0.15, 0.2) is 0 Å². The molecular weight excluding hydrogens is 188 g/mol. The van der Waals surface area contributed by atoms with E-state index >= 15 is 0 Å². The van der Waals surface area contributed by atoms with Crippen LogP contribution in [0.2, 0.25) is 0 Å². The Morgan fingerprint density at radius 1 is 1.40 bits per heavy atom. The lowest BCUT2D eigenvalue weighted by Crippen LogP contribution is -2.33. The number of rotatable bonds is 7. The second-order valence-electron chi connectivity index (χ2n) is 4.50. The standard InChI is InChI=1S/C12H26N2O/c1-3-15-10-9-14(2)8-6-12-5-4-7-13-11-12/h12-13H,3-11H2,1-2H3. The Hall–Kier alpha value is -0.120. The van der Waals surface area contributed by atoms with E-state index in [0.29, 0.717) is 0 Å². The summed E-state index contributed by atoms with van der Waals surface area (Å²) in [5, 5.41) is 3.47. The van der Waals surface area contributed by atoms with Gasteiger partial charge in [-0.05, 0) is 58.8 Å². The van der Waals surface area contributed by atoms with Crippen molar-refractivity contribution in [2.45, 2.75) is 26.2 Å². The SMILES string of the molecule is CCOCCN(C)CCC1CCCNC1. The zero-order valence-corrected chi connectivity index (χ0v) is 10.3. The van der Waals surface area contributed by atoms with Gasteiger partial charge in [-0.25, -0.2) is 0 Å². The average molecular weight is 214 g/mol. The van der Waals surface area contributed by atoms with Crippen molar-refractivity contribution in [2.75, 3.05) is 46.4 Å². The zero-order valence-electron chi connectivity index (χ0n) is 10.3. The van der Waals surface area contributed by atoms with Gasteiger partial charge in [-0.1, -0.05) is 0 Å². The number of nitrogens with one attached hydrogen (secondary N) is 1. The molecule has 0 bridgehead atoms. The summed E-state index contributed by atoms with van der Waals surface area (Å²) in [6.07, 6.45) is 4.09. The lowest BCUT2D eigenvalue weighted by atomic mass is 9.96. The number of hydrogen-bond acceptors (Lipinski definition) is 3. The van der Waals surface area contributed by atoms with Gasteiger partial charge in [-0.2, -0.15) is 0 Å². The Kier molecular flexibility index (Phi) is 6.98. The van der Waals surface area contributed by atoms with Crippen molar-refractivity contribution in [3.8, 4) is 0 Å². The molecule has 0 aliphatic carbocycles. The van der Waals surface area contributed by atoms with E-state index < -0.39 is 0 Å². The van der Waals surface area contributed by atoms with E-state index in [4.69, 9.17) is 4.74 Å². The molecule has 15 heavy (non-hydrogen) atoms. The molecule has 1 aliphatic rings. The van der Waals surface area contributed by atoms with Gasteiger partial charge in [-0.3, -0.25) is 0 Å². The van der Waals surface area contributed by atoms with Gasteiger partial charge in [0.2, 0.25) is 0 Å². The Morgan fingerprint density at radius 2 is 2.27 bits per heavy atom. The van der Waals surface area contributed by atoms with Gasteiger partial charge in [0.05, 0.1) is 6.61 Å². The molecule has 1 unspecified atom stereocenters. The molecule has 1 N–H and O–H groups in total. The Labute approximate surface area is 94.2 Å². The van der Waals surface area contributed by atoms with Crippen LogP contribution in [-0.2, 0) is 4.74 Å². The highest BCUT2D eigenvalue weighted by atomic mass is 16.5. The van der Waals surface area contributed by atoms with Crippen molar-refractivity contribution >= 4 is 0 Å². The van der Waals surface area contributed by atoms with Gasteiger partial charge in [-0.15, -0.1) is 0 Å². The quantitative estimate of drug-likeness (QED) is 0.647. The summed E-state index contributed by atoms with van der Waals surface area (Å²) in [6, 6.07) is 0. The highest BCUT2D eigenvalue weighted by Crippen LogP contribution is 2.13. The van der Waals surface area contributed by atoms with Crippen molar-refractivity contribution in [1.82, 2.24) is 10.2 Å². The highest BCUT2D eigenvalue weighted by molar-refractivity contribution is 4.70. The van der Waals surface area contributed by atoms with Gasteiger partial charge in [0.15, 0.2) is 0 Å². The van der Waals surface area contributed by atoms with Crippen LogP contribution >= 0.6 is 0 Å². The van der Waals surface area contributed by atoms with Crippen LogP contribution in [0.4, 0.5) is 0 Å². The third-order valence-corrected chi connectivity index (χ3v) is 3.14. The molecule has 1 rings (SSSR count). The first kappa shape index (κ1) is 12.9. The Bertz CT molecular complexity index is 147. The van der Waals surface area contributed by atoms with Crippen LogP contribution in [0, 0.1) is 5.92 Å². The maximum Gasteiger partial charge on any atom is 0.0593 e. The van der Waals surface area contributed by atoms with Gasteiger partial charge >= 0.3 is 0 Å². The van der Waals surface area contributed by atoms with Crippen LogP contribution in [-0.4, -0.2) is 51.3 Å². The molecule has 1 saturated heterocycles. The number of ether oxygens (including phenoxy) is 1. The zero-order chi connectivity index (χ0) is 10.9. The van der Waals surface area contributed by atoms with E-state index in [2.05, 4.69) is 17.3 Å². The van der Waals surface area contributed by atoms with E-state index in [1.165, 1.54) is 38.9 Å². The van der Waals surface area contributed by atoms with Crippen LogP contribution in [0.25, 0.3) is 0 Å². The van der Waals surface area contributed by atoms with Gasteiger partial charge in [0, 0.05) is 13.2 Å². The fraction of sp³-hybridized carbons (Fsp3) is 1.00. The summed E-state index contributed by atoms with van der Waals surface area (Å²) in [6.45, 7) is 8.47. The first-order valence-electron chi connectivity index (χ1n) is 6.30. The maximum atomic E-state index is 5.34. The summed E-state index contributed by atoms with van der Waals surface area (Å²) >= 11 is 0. The Balaban J connectivity index is 1.97. The fourth-order valence-corrected chi connectivity index (χ4v) is 2.05. The molecule has 1 atom stereocenters. The molecule has 0 amide bonds. The number of hydrogen-bond donors (Lipinski definition) is 1. The van der Waals surface area contributed by atoms with Crippen molar-refractivity contribution in [2.24, 2.45) is 5.92 Å². The second kappa shape index (κ2) is 8.08. The van der Waals surface area contributed by atoms with Gasteiger partial charge in [0.1, 0.15) is 0 Å². The van der Waals surface area contributed by atoms with Gasteiger partial charge < -0.3 is 15.0 Å². The normalized spacial score (nSPS) is 22.2. The average Bonchev–Trinajstić information content (AvgIpc) is 2.28. The molecule has 3 heteroatoms. The predicted octanol–water partition coefficient (Wildman–Crippen LogP) is 1.34. The molecule has 0 spiro atoms. The monoisotopic (exact) mass is 214 g/mol. The first-order chi connectivity index (χ1) is 7.33. The number of nitrogens with zero attached hydrogens (tertiary/aromatic N) is 1. The molecule has 90 valence electrons. The first-order valence-corrected chi connectivity index (χ1v) is 6.30. The van der Waals surface area contributed by atoms with Crippen molar-refractivity contribution in [3.05, 3.63) is 0 Å². The highest BCUT2D eigenvalue weighted by Gasteiger charge is 2.13. The summed E-state index contributed by atoms with van der Waals surface area (Å²) in [7, 11) is 2.19. The molecule has 0 aromatic heterocycles. The fourth-order valence-electron chi connectivity index (χ4n) is 2.05. The van der Waals surface area contributed by atoms with Crippen LogP contribution < -0.4 is 5.32 Å². The van der Waals surface area contributed by atoms with E-state index in [0.717, 1.165) is 25.7 Å². The molecule has 1 heterocycles. The molecule has 3 nitrogen and oxygen atoms in total. The second-order valence-corrected chi connectivity index (χ2v) is 4.50. The number of likely N-dealkylation sites (N-methyl/N-ethyl adjacent to an activating group) is 1. The number of piperidine rings is 1. The predicted molar refractivity (Wildman–Crippen MR) is 64.2 cm³/mol. The van der Waals surface area contributed by atoms with Crippen LogP contribution in [0.5, 0.6) is 0 Å². The summed E-state index contributed by atoms with van der Waals surface area (Å²) in [5.41, 5.74) is 0. The third kappa shape index (κ3) is 6.13. The van der Waals surface area contributed by atoms with Crippen molar-refractivity contribution < 1.29 is 4.74 Å². The van der Waals surface area contributed by atoms with Gasteiger partial charge in [0.25, 0.3) is 0 Å². The van der Waals surface area contributed by atoms with E-state index in [9.17, 15) is 0 Å². The summed E-state index contributed by atoms with van der Waals surface area (Å²) < 4.78 is 5.34. The summed E-state index contributed by atoms with van der Waals surface area (Å²) in [5.74, 6) is 0.897. The van der Waals surface area contributed by atoms with E-state index in [-0.39, 0.29) is 0 Å². The minimum Gasteiger partial charge on any atom is -0.380 e. The smallest absolute Gasteiger partial charge is 0.0593 e. The van der Waals surface area contributed by atoms with Crippen molar-refractivity contribution in [3.63, 3.8) is 0 Å². The molecule has 0 aromatic rings. The molecular formula is C12H26N2O. The third-order valence-electron chi connectivity index (χ3n) is 3.14. The summed E-state index contributed by atoms with van der Waals surface area (Å²) in [4.78, 5) is 2.38. The van der Waals surface area contributed by atoms with E-state index in [1.54, 1.807) is 0 Å². The molecule has 1 fully saturated rings. The lowest BCUT2D eigenvalue weighted by molar-refractivity contribution is 0.119. The van der Waals surface area contributed by atoms with Crippen LogP contribution in [0.1, 0.15) is 26.2 Å². The largest absolute Gasteiger partial charge is 0.380 e. The maximum absolute atomic E-state index is 5.34. The molecule has 0 aromatic carbocycles. The lowest BCUT2D eigenvalue weighted by Gasteiger charge is -2.25. The minimum atomic E-state index is 0.834. The molecule has 0 radical (unpaired) electrons.